The Balaban J connectivity index is 1.51. The summed E-state index contributed by atoms with van der Waals surface area (Å²) in [7, 11) is 0. The first kappa shape index (κ1) is 17.4. The van der Waals surface area contributed by atoms with Gasteiger partial charge in [0.1, 0.15) is 5.52 Å². The molecule has 2 N–H and O–H groups in total. The van der Waals surface area contributed by atoms with Crippen LogP contribution in [0.1, 0.15) is 5.56 Å². The largest absolute Gasteiger partial charge is 0.335 e. The third kappa shape index (κ3) is 2.93. The molecule has 6 heterocycles. The normalized spacial score (nSPS) is 11.4. The second kappa shape index (κ2) is 6.81. The van der Waals surface area contributed by atoms with Crippen molar-refractivity contribution >= 4 is 22.2 Å². The van der Waals surface area contributed by atoms with Gasteiger partial charge in [0.2, 0.25) is 0 Å². The number of nitrogens with one attached hydrogen (secondary N) is 2. The predicted octanol–water partition coefficient (Wildman–Crippen LogP) is 4.33. The van der Waals surface area contributed by atoms with E-state index in [-0.39, 0.29) is 0 Å². The molecule has 0 bridgehead atoms. The van der Waals surface area contributed by atoms with E-state index >= 15 is 0 Å². The molecule has 148 valence electrons. The van der Waals surface area contributed by atoms with E-state index in [1.165, 1.54) is 0 Å². The number of aromatic nitrogens is 8. The molecule has 8 heteroatoms. The highest BCUT2D eigenvalue weighted by Gasteiger charge is 2.17. The Morgan fingerprint density at radius 1 is 0.806 bits per heavy atom. The zero-order chi connectivity index (χ0) is 20.8. The average molecular weight is 404 g/mol. The monoisotopic (exact) mass is 404 g/mol. The first-order chi connectivity index (χ1) is 15.3. The molecule has 0 amide bonds. The fourth-order valence-electron chi connectivity index (χ4n) is 3.68. The summed E-state index contributed by atoms with van der Waals surface area (Å²) in [6.45, 7) is 2.04. The first-order valence-corrected chi connectivity index (χ1v) is 9.80. The number of aryl methyl sites for hydroxylation is 1. The lowest BCUT2D eigenvalue weighted by molar-refractivity contribution is 1.10. The van der Waals surface area contributed by atoms with Gasteiger partial charge in [-0.05, 0) is 60.5 Å². The summed E-state index contributed by atoms with van der Waals surface area (Å²) in [5.74, 6) is 0.608. The molecular formula is C23H16N8. The van der Waals surface area contributed by atoms with Crippen LogP contribution in [0, 0.1) is 6.92 Å². The van der Waals surface area contributed by atoms with Crippen molar-refractivity contribution in [2.24, 2.45) is 0 Å². The molecule has 0 radical (unpaired) electrons. The second-order valence-electron chi connectivity index (χ2n) is 7.26. The van der Waals surface area contributed by atoms with E-state index in [2.05, 4.69) is 35.1 Å². The van der Waals surface area contributed by atoms with Gasteiger partial charge in [-0.2, -0.15) is 5.10 Å². The van der Waals surface area contributed by atoms with Crippen LogP contribution in [0.3, 0.4) is 0 Å². The smallest absolute Gasteiger partial charge is 0.178 e. The zero-order valence-corrected chi connectivity index (χ0v) is 16.5. The molecule has 0 aliphatic carbocycles. The molecule has 0 aromatic carbocycles. The fraction of sp³-hybridized carbons (Fsp3) is 0.0435. The average Bonchev–Trinajstić information content (AvgIpc) is 3.43. The van der Waals surface area contributed by atoms with E-state index in [0.717, 1.165) is 44.6 Å². The molecule has 0 atom stereocenters. The molecule has 0 unspecified atom stereocenters. The highest BCUT2D eigenvalue weighted by atomic mass is 15.2. The Kier molecular flexibility index (Phi) is 3.82. The fourth-order valence-corrected chi connectivity index (χ4v) is 3.68. The van der Waals surface area contributed by atoms with Gasteiger partial charge in [-0.3, -0.25) is 15.1 Å². The van der Waals surface area contributed by atoms with Crippen LogP contribution in [0.5, 0.6) is 0 Å². The number of aromatic amines is 2. The maximum atomic E-state index is 4.83. The second-order valence-corrected chi connectivity index (χ2v) is 7.26. The van der Waals surface area contributed by atoms with E-state index in [0.29, 0.717) is 17.2 Å². The van der Waals surface area contributed by atoms with Crippen molar-refractivity contribution in [3.8, 4) is 34.0 Å². The Morgan fingerprint density at radius 2 is 1.68 bits per heavy atom. The maximum absolute atomic E-state index is 4.83. The van der Waals surface area contributed by atoms with Gasteiger partial charge in [0.05, 0.1) is 22.4 Å². The third-order valence-electron chi connectivity index (χ3n) is 5.19. The van der Waals surface area contributed by atoms with Crippen LogP contribution in [0.2, 0.25) is 0 Å². The lowest BCUT2D eigenvalue weighted by Gasteiger charge is -2.02. The maximum Gasteiger partial charge on any atom is 0.178 e. The van der Waals surface area contributed by atoms with Gasteiger partial charge in [-0.1, -0.05) is 0 Å². The summed E-state index contributed by atoms with van der Waals surface area (Å²) >= 11 is 0. The molecule has 31 heavy (non-hydrogen) atoms. The number of pyridine rings is 4. The van der Waals surface area contributed by atoms with Crippen LogP contribution >= 0.6 is 0 Å². The summed E-state index contributed by atoms with van der Waals surface area (Å²) in [6, 6.07) is 13.8. The molecule has 0 aliphatic heterocycles. The first-order valence-electron chi connectivity index (χ1n) is 9.80. The molecule has 8 nitrogen and oxygen atoms in total. The summed E-state index contributed by atoms with van der Waals surface area (Å²) in [6.07, 6.45) is 7.08. The molecule has 6 aromatic rings. The van der Waals surface area contributed by atoms with Crippen LogP contribution in [0.25, 0.3) is 56.2 Å². The van der Waals surface area contributed by atoms with E-state index in [1.54, 1.807) is 24.8 Å². The standard InChI is InChI=1S/C23H16N8/c1-13-4-10-25-18(12-13)16-2-3-17-20(27-16)21(31-30-17)23-28-19-15(7-11-26-22(19)29-23)14-5-8-24-9-6-14/h2-12H,1H3,(H,30,31)(H,26,28,29). The molecular weight excluding hydrogens is 388 g/mol. The summed E-state index contributed by atoms with van der Waals surface area (Å²) < 4.78 is 0. The van der Waals surface area contributed by atoms with Crippen molar-refractivity contribution in [2.75, 3.05) is 0 Å². The van der Waals surface area contributed by atoms with Gasteiger partial charge in [0.25, 0.3) is 0 Å². The van der Waals surface area contributed by atoms with Gasteiger partial charge in [-0.15, -0.1) is 0 Å². The summed E-state index contributed by atoms with van der Waals surface area (Å²) in [4.78, 5) is 25.9. The van der Waals surface area contributed by atoms with Crippen LogP contribution < -0.4 is 0 Å². The number of nitrogens with zero attached hydrogens (tertiary/aromatic N) is 6. The van der Waals surface area contributed by atoms with E-state index in [4.69, 9.17) is 4.98 Å². The van der Waals surface area contributed by atoms with Crippen LogP contribution in [-0.4, -0.2) is 40.1 Å². The van der Waals surface area contributed by atoms with Crippen molar-refractivity contribution < 1.29 is 0 Å². The highest BCUT2D eigenvalue weighted by Crippen LogP contribution is 2.30. The Morgan fingerprint density at radius 3 is 2.55 bits per heavy atom. The molecule has 6 aromatic heterocycles. The van der Waals surface area contributed by atoms with Crippen LogP contribution in [0.15, 0.2) is 67.3 Å². The third-order valence-corrected chi connectivity index (χ3v) is 5.19. The van der Waals surface area contributed by atoms with Gasteiger partial charge >= 0.3 is 0 Å². The van der Waals surface area contributed by atoms with Gasteiger partial charge in [-0.25, -0.2) is 15.0 Å². The molecule has 0 spiro atoms. The number of fused-ring (bicyclic) bond motifs is 2. The minimum atomic E-state index is 0.608. The number of rotatable bonds is 3. The van der Waals surface area contributed by atoms with Crippen molar-refractivity contribution in [1.29, 1.82) is 0 Å². The molecule has 0 saturated carbocycles. The Bertz CT molecular complexity index is 1550. The van der Waals surface area contributed by atoms with Crippen molar-refractivity contribution in [2.45, 2.75) is 6.92 Å². The molecule has 0 aliphatic rings. The lowest BCUT2D eigenvalue weighted by Crippen LogP contribution is -1.89. The topological polar surface area (TPSA) is 109 Å². The number of hydrogen-bond donors (Lipinski definition) is 2. The van der Waals surface area contributed by atoms with E-state index in [9.17, 15) is 0 Å². The summed E-state index contributed by atoms with van der Waals surface area (Å²) in [5, 5.41) is 7.52. The Labute approximate surface area is 176 Å². The number of imidazole rings is 1. The molecule has 6 rings (SSSR count). The van der Waals surface area contributed by atoms with Gasteiger partial charge in [0.15, 0.2) is 17.2 Å². The van der Waals surface area contributed by atoms with Crippen molar-refractivity contribution in [3.63, 3.8) is 0 Å². The number of H-pyrrole nitrogens is 2. The summed E-state index contributed by atoms with van der Waals surface area (Å²) in [5.41, 5.74) is 8.44. The van der Waals surface area contributed by atoms with Crippen LogP contribution in [-0.2, 0) is 0 Å². The zero-order valence-electron chi connectivity index (χ0n) is 16.5. The quantitative estimate of drug-likeness (QED) is 0.454. The van der Waals surface area contributed by atoms with Gasteiger partial charge in [0, 0.05) is 30.4 Å². The van der Waals surface area contributed by atoms with Gasteiger partial charge < -0.3 is 4.98 Å². The van der Waals surface area contributed by atoms with Crippen LogP contribution in [0.4, 0.5) is 0 Å². The van der Waals surface area contributed by atoms with E-state index in [1.807, 2.05) is 49.4 Å². The van der Waals surface area contributed by atoms with E-state index < -0.39 is 0 Å². The van der Waals surface area contributed by atoms with Crippen molar-refractivity contribution in [3.05, 3.63) is 72.8 Å². The Hall–Kier alpha value is -4.46. The minimum Gasteiger partial charge on any atom is -0.335 e. The SMILES string of the molecule is Cc1ccnc(-c2ccc3[nH]nc(-c4nc5nccc(-c6ccncc6)c5[nH]4)c3n2)c1. The lowest BCUT2D eigenvalue weighted by atomic mass is 10.1. The highest BCUT2D eigenvalue weighted by molar-refractivity contribution is 5.94. The van der Waals surface area contributed by atoms with Crippen molar-refractivity contribution in [1.82, 2.24) is 40.1 Å². The predicted molar refractivity (Wildman–Crippen MR) is 118 cm³/mol. The molecule has 0 saturated heterocycles. The number of hydrogen-bond acceptors (Lipinski definition) is 6. The molecule has 0 fully saturated rings. The minimum absolute atomic E-state index is 0.608.